The maximum Gasteiger partial charge on any atom is 0.340 e. The highest BCUT2D eigenvalue weighted by molar-refractivity contribution is 5.90. The highest BCUT2D eigenvalue weighted by Gasteiger charge is 2.61. The van der Waals surface area contributed by atoms with E-state index in [2.05, 4.69) is 6.58 Å². The van der Waals surface area contributed by atoms with E-state index in [1.54, 1.807) is 97.1 Å². The molecule has 0 spiro atoms. The summed E-state index contributed by atoms with van der Waals surface area (Å²) in [6.45, 7) is 6.74. The first-order valence-electron chi connectivity index (χ1n) is 22.5. The van der Waals surface area contributed by atoms with Gasteiger partial charge in [0.1, 0.15) is 37.1 Å². The van der Waals surface area contributed by atoms with Crippen LogP contribution in [0.5, 0.6) is 0 Å². The molecule has 0 aromatic heterocycles. The van der Waals surface area contributed by atoms with Crippen molar-refractivity contribution in [3.63, 3.8) is 0 Å². The topological polar surface area (TPSA) is 193 Å². The van der Waals surface area contributed by atoms with Crippen LogP contribution in [-0.4, -0.2) is 142 Å². The molecule has 16 nitrogen and oxygen atoms in total. The largest absolute Gasteiger partial charge is 0.450 e. The van der Waals surface area contributed by atoms with Crippen molar-refractivity contribution in [1.82, 2.24) is 0 Å². The lowest BCUT2D eigenvalue weighted by atomic mass is 10.0. The summed E-state index contributed by atoms with van der Waals surface area (Å²) in [5.74, 6) is -4.20. The summed E-state index contributed by atoms with van der Waals surface area (Å²) in [6.07, 6.45) is -5.69. The van der Waals surface area contributed by atoms with Gasteiger partial charge < -0.3 is 62.3 Å². The zero-order valence-corrected chi connectivity index (χ0v) is 37.0. The van der Waals surface area contributed by atoms with Gasteiger partial charge in [0.2, 0.25) is 0 Å². The van der Waals surface area contributed by atoms with Crippen molar-refractivity contribution < 1.29 is 76.7 Å². The fourth-order valence-corrected chi connectivity index (χ4v) is 7.69. The smallest absolute Gasteiger partial charge is 0.340 e. The van der Waals surface area contributed by atoms with Crippen LogP contribution in [0.2, 0.25) is 0 Å². The maximum absolute atomic E-state index is 14.0. The van der Waals surface area contributed by atoms with Gasteiger partial charge in [0.05, 0.1) is 43.1 Å². The van der Waals surface area contributed by atoms with E-state index in [9.17, 15) is 24.6 Å². The average Bonchev–Trinajstić information content (AvgIpc) is 3.97. The predicted molar refractivity (Wildman–Crippen MR) is 233 cm³/mol. The molecule has 0 saturated carbocycles. The number of aliphatic hydroxyl groups excluding tert-OH is 2. The molecule has 0 aliphatic carbocycles. The van der Waals surface area contributed by atoms with E-state index >= 15 is 0 Å². The minimum absolute atomic E-state index is 0.168. The van der Waals surface area contributed by atoms with Gasteiger partial charge >= 0.3 is 17.9 Å². The highest BCUT2D eigenvalue weighted by atomic mass is 16.8. The van der Waals surface area contributed by atoms with Gasteiger partial charge in [-0.2, -0.15) is 0 Å². The molecule has 3 heterocycles. The number of rotatable bonds is 26. The van der Waals surface area contributed by atoms with Crippen LogP contribution in [0.15, 0.2) is 104 Å². The van der Waals surface area contributed by atoms with Gasteiger partial charge in [-0.05, 0) is 62.1 Å². The second-order valence-corrected chi connectivity index (χ2v) is 15.9. The predicted octanol–water partition coefficient (Wildman–Crippen LogP) is 5.58. The molecule has 3 fully saturated rings. The summed E-state index contributed by atoms with van der Waals surface area (Å²) in [6, 6.07) is 25.0. The number of carbonyl (C=O) groups excluding carboxylic acids is 3. The Morgan fingerprint density at radius 3 is 1.69 bits per heavy atom. The minimum Gasteiger partial charge on any atom is -0.450 e. The number of benzene rings is 3. The first kappa shape index (κ1) is 49.8. The van der Waals surface area contributed by atoms with Crippen LogP contribution < -0.4 is 0 Å². The molecule has 11 atom stereocenters. The van der Waals surface area contributed by atoms with Crippen LogP contribution in [0.25, 0.3) is 0 Å². The Hall–Kier alpha value is -4.59. The molecule has 3 aromatic rings. The Labute approximate surface area is 379 Å². The lowest BCUT2D eigenvalue weighted by Gasteiger charge is -2.38. The Bertz CT molecular complexity index is 1900. The first-order chi connectivity index (χ1) is 31.7. The molecular weight excluding hydrogens is 845 g/mol. The van der Waals surface area contributed by atoms with Gasteiger partial charge in [-0.25, -0.2) is 14.4 Å². The summed E-state index contributed by atoms with van der Waals surface area (Å²) < 4.78 is 69.5. The van der Waals surface area contributed by atoms with Crippen molar-refractivity contribution in [1.29, 1.82) is 0 Å². The maximum atomic E-state index is 14.0. The van der Waals surface area contributed by atoms with E-state index in [0.29, 0.717) is 32.3 Å². The summed E-state index contributed by atoms with van der Waals surface area (Å²) >= 11 is 0. The number of esters is 3. The zero-order valence-electron chi connectivity index (χ0n) is 37.0. The van der Waals surface area contributed by atoms with Crippen LogP contribution in [0.3, 0.4) is 0 Å². The minimum atomic E-state index is -2.05. The van der Waals surface area contributed by atoms with E-state index in [4.69, 9.17) is 52.1 Å². The third kappa shape index (κ3) is 13.1. The monoisotopic (exact) mass is 906 g/mol. The third-order valence-corrected chi connectivity index (χ3v) is 11.1. The lowest BCUT2D eigenvalue weighted by Crippen LogP contribution is -2.57. The van der Waals surface area contributed by atoms with Crippen LogP contribution in [0, 0.1) is 0 Å². The summed E-state index contributed by atoms with van der Waals surface area (Å²) in [5, 5.41) is 21.0. The van der Waals surface area contributed by atoms with Crippen LogP contribution in [0.4, 0.5) is 0 Å². The van der Waals surface area contributed by atoms with E-state index in [1.807, 2.05) is 13.8 Å². The molecule has 354 valence electrons. The normalized spacial score (nSPS) is 28.5. The van der Waals surface area contributed by atoms with Crippen LogP contribution in [-0.2, 0) is 52.1 Å². The molecule has 65 heavy (non-hydrogen) atoms. The molecule has 0 amide bonds. The van der Waals surface area contributed by atoms with E-state index in [-0.39, 0.29) is 43.1 Å². The highest BCUT2D eigenvalue weighted by Crippen LogP contribution is 2.40. The fraction of sp³-hybridized carbons (Fsp3) is 0.531. The van der Waals surface area contributed by atoms with Crippen molar-refractivity contribution in [2.45, 2.75) is 120 Å². The first-order valence-corrected chi connectivity index (χ1v) is 22.5. The van der Waals surface area contributed by atoms with Crippen molar-refractivity contribution in [3.8, 4) is 0 Å². The molecule has 16 heteroatoms. The molecule has 0 radical (unpaired) electrons. The molecule has 11 unspecified atom stereocenters. The molecule has 3 aliphatic heterocycles. The molecule has 0 bridgehead atoms. The van der Waals surface area contributed by atoms with Gasteiger partial charge in [0, 0.05) is 13.2 Å². The standard InChI is InChI=1S/C49H62O16/c1-4-7-19-28-57-47-42(63-45(53)34-22-15-11-16-23-34)40(64-49(65-46(54)35-24-17-12-18-25-35)32-59-37(30-51)43(49)56-27-9-6-3)38(61-47)31-58-48-41(62-44(52)33-20-13-10-14-21-33)39(36(29-50)60-48)55-26-8-5-2/h4,10-18,20-25,36-43,47-48,50-51H,1,5-9,19,26-32H2,2-3H3. The third-order valence-electron chi connectivity index (χ3n) is 11.1. The number of hydrogen-bond acceptors (Lipinski definition) is 16. The van der Waals surface area contributed by atoms with Gasteiger partial charge in [-0.1, -0.05) is 87.4 Å². The zero-order chi connectivity index (χ0) is 46.0. The van der Waals surface area contributed by atoms with Gasteiger partial charge in [0.15, 0.2) is 30.9 Å². The number of allylic oxidation sites excluding steroid dienone is 1. The van der Waals surface area contributed by atoms with Gasteiger partial charge in [-0.3, -0.25) is 0 Å². The van der Waals surface area contributed by atoms with E-state index < -0.39 is 98.3 Å². The Balaban J connectivity index is 1.37. The quantitative estimate of drug-likeness (QED) is 0.0333. The fourth-order valence-electron chi connectivity index (χ4n) is 7.69. The second kappa shape index (κ2) is 25.4. The number of ether oxygens (including phenoxy) is 11. The molecule has 3 saturated heterocycles. The number of hydrogen-bond donors (Lipinski definition) is 2. The molecular formula is C49H62O16. The Morgan fingerprint density at radius 2 is 1.14 bits per heavy atom. The lowest BCUT2D eigenvalue weighted by molar-refractivity contribution is -0.285. The summed E-state index contributed by atoms with van der Waals surface area (Å²) in [7, 11) is 0. The molecule has 6 rings (SSSR count). The van der Waals surface area contributed by atoms with Crippen molar-refractivity contribution >= 4 is 17.9 Å². The molecule has 2 N–H and O–H groups in total. The van der Waals surface area contributed by atoms with Gasteiger partial charge in [-0.15, -0.1) is 6.58 Å². The summed E-state index contributed by atoms with van der Waals surface area (Å²) in [5.41, 5.74) is 0.722. The second-order valence-electron chi connectivity index (χ2n) is 15.9. The number of unbranched alkanes of at least 4 members (excludes halogenated alkanes) is 3. The van der Waals surface area contributed by atoms with Gasteiger partial charge in [0.25, 0.3) is 5.79 Å². The number of carbonyl (C=O) groups is 3. The van der Waals surface area contributed by atoms with Crippen LogP contribution in [0.1, 0.15) is 83.4 Å². The summed E-state index contributed by atoms with van der Waals surface area (Å²) in [4.78, 5) is 41.5. The van der Waals surface area contributed by atoms with Crippen LogP contribution >= 0.6 is 0 Å². The van der Waals surface area contributed by atoms with E-state index in [1.165, 1.54) is 0 Å². The SMILES string of the molecule is C=CCCCOC1OC(COC2OC(CO)C(OCCCC)C2OC(=O)c2ccccc2)C(OC2(OC(=O)c3ccccc3)COC(CO)C2OCCCC)C1OC(=O)c1ccccc1. The Kier molecular flexibility index (Phi) is 19.4. The molecule has 3 aliphatic rings. The van der Waals surface area contributed by atoms with Crippen molar-refractivity contribution in [2.24, 2.45) is 0 Å². The Morgan fingerprint density at radius 1 is 0.631 bits per heavy atom. The van der Waals surface area contributed by atoms with Crippen molar-refractivity contribution in [3.05, 3.63) is 120 Å². The average molecular weight is 907 g/mol. The van der Waals surface area contributed by atoms with Crippen molar-refractivity contribution in [2.75, 3.05) is 46.2 Å². The van der Waals surface area contributed by atoms with E-state index in [0.717, 1.165) is 12.8 Å². The number of aliphatic hydroxyl groups is 2. The molecule has 3 aromatic carbocycles.